The Hall–Kier alpha value is -2.60. The van der Waals surface area contributed by atoms with Crippen LogP contribution in [0, 0.1) is 5.92 Å². The number of rotatable bonds is 11. The predicted molar refractivity (Wildman–Crippen MR) is 144 cm³/mol. The lowest BCUT2D eigenvalue weighted by molar-refractivity contribution is 0.224. The molecule has 2 amide bonds. The molecule has 0 radical (unpaired) electrons. The van der Waals surface area contributed by atoms with Crippen LogP contribution in [0.5, 0.6) is 5.75 Å². The maximum Gasteiger partial charge on any atom is 0.341 e. The molecule has 33 heavy (non-hydrogen) atoms. The number of nitrogens with one attached hydrogen (secondary N) is 1. The monoisotopic (exact) mass is 476 g/mol. The zero-order chi connectivity index (χ0) is 25.1. The number of amides is 2. The van der Waals surface area contributed by atoms with Crippen molar-refractivity contribution in [2.75, 3.05) is 12.4 Å². The van der Waals surface area contributed by atoms with E-state index in [1.807, 2.05) is 20.8 Å². The quantitative estimate of drug-likeness (QED) is 0.260. The minimum atomic E-state index is -0.349. The van der Waals surface area contributed by atoms with Crippen LogP contribution in [0.4, 0.5) is 10.5 Å². The maximum absolute atomic E-state index is 12.0. The van der Waals surface area contributed by atoms with Gasteiger partial charge in [-0.05, 0) is 62.6 Å². The fourth-order valence-electron chi connectivity index (χ4n) is 2.35. The molecule has 0 fully saturated rings. The molecule has 0 heterocycles. The van der Waals surface area contributed by atoms with Gasteiger partial charge in [-0.1, -0.05) is 58.6 Å². The van der Waals surface area contributed by atoms with Crippen LogP contribution in [-0.4, -0.2) is 36.6 Å². The second-order valence-corrected chi connectivity index (χ2v) is 8.31. The van der Waals surface area contributed by atoms with E-state index >= 15 is 0 Å². The number of allylic oxidation sites excluding steroid dienone is 3. The summed E-state index contributed by atoms with van der Waals surface area (Å²) < 4.78 is 5.56. The van der Waals surface area contributed by atoms with Crippen LogP contribution in [0.25, 0.3) is 0 Å². The summed E-state index contributed by atoms with van der Waals surface area (Å²) in [6, 6.07) is 6.82. The Balaban J connectivity index is 0.00000126. The molecular formula is C26H41ClN4O2. The first-order valence-corrected chi connectivity index (χ1v) is 12.0. The third-order valence-electron chi connectivity index (χ3n) is 4.41. The van der Waals surface area contributed by atoms with Gasteiger partial charge in [0.25, 0.3) is 0 Å². The molecule has 0 aliphatic carbocycles. The first kappa shape index (κ1) is 30.4. The van der Waals surface area contributed by atoms with Gasteiger partial charge in [-0.3, -0.25) is 4.99 Å². The van der Waals surface area contributed by atoms with Crippen molar-refractivity contribution in [1.29, 1.82) is 0 Å². The molecule has 1 rings (SSSR count). The molecule has 0 aromatic heterocycles. The van der Waals surface area contributed by atoms with Crippen LogP contribution in [0.3, 0.4) is 0 Å². The highest BCUT2D eigenvalue weighted by Gasteiger charge is 2.07. The molecule has 7 heteroatoms. The number of carbonyl (C=O) groups excluding carboxylic acids is 1. The molecule has 0 spiro atoms. The summed E-state index contributed by atoms with van der Waals surface area (Å²) >= 11 is 5.82. The Morgan fingerprint density at radius 2 is 1.76 bits per heavy atom. The normalized spacial score (nSPS) is 12.8. The highest BCUT2D eigenvalue weighted by atomic mass is 35.5. The Kier molecular flexibility index (Phi) is 17.4. The summed E-state index contributed by atoms with van der Waals surface area (Å²) in [5, 5.41) is 8.64. The van der Waals surface area contributed by atoms with E-state index in [-0.39, 0.29) is 12.1 Å². The number of aliphatic imine (C=N–C) groups is 1. The van der Waals surface area contributed by atoms with Gasteiger partial charge in [0.05, 0.1) is 6.10 Å². The van der Waals surface area contributed by atoms with Crippen LogP contribution in [0.1, 0.15) is 67.2 Å². The number of anilines is 1. The Morgan fingerprint density at radius 3 is 2.27 bits per heavy atom. The summed E-state index contributed by atoms with van der Waals surface area (Å²) in [5.41, 5.74) is 0.662. The van der Waals surface area contributed by atoms with E-state index in [9.17, 15) is 4.79 Å². The number of urea groups is 1. The molecule has 0 saturated carbocycles. The molecule has 1 unspecified atom stereocenters. The van der Waals surface area contributed by atoms with Gasteiger partial charge < -0.3 is 10.1 Å². The van der Waals surface area contributed by atoms with Crippen molar-refractivity contribution in [2.24, 2.45) is 16.0 Å². The second kappa shape index (κ2) is 18.9. The van der Waals surface area contributed by atoms with Crippen molar-refractivity contribution in [3.8, 4) is 5.75 Å². The number of halogens is 1. The van der Waals surface area contributed by atoms with E-state index in [2.05, 4.69) is 36.2 Å². The number of carbonyl (C=O) groups is 1. The van der Waals surface area contributed by atoms with E-state index in [1.54, 1.807) is 55.9 Å². The number of hydrogen-bond acceptors (Lipinski definition) is 4. The first-order chi connectivity index (χ1) is 15.7. The van der Waals surface area contributed by atoms with E-state index in [4.69, 9.17) is 16.3 Å². The molecule has 0 aliphatic rings. The zero-order valence-electron chi connectivity index (χ0n) is 21.2. The van der Waals surface area contributed by atoms with Gasteiger partial charge >= 0.3 is 6.03 Å². The molecule has 1 aromatic rings. The number of hydrazone groups is 1. The maximum atomic E-state index is 12.0. The minimum absolute atomic E-state index is 0.105. The number of nitrogens with zero attached hydrogens (tertiary/aromatic N) is 3. The smallest absolute Gasteiger partial charge is 0.341 e. The molecule has 6 nitrogen and oxygen atoms in total. The zero-order valence-corrected chi connectivity index (χ0v) is 22.0. The predicted octanol–water partition coefficient (Wildman–Crippen LogP) is 7.87. The van der Waals surface area contributed by atoms with E-state index in [0.717, 1.165) is 18.1 Å². The lowest BCUT2D eigenvalue weighted by Gasteiger charge is -2.13. The van der Waals surface area contributed by atoms with Crippen molar-refractivity contribution in [3.05, 3.63) is 47.6 Å². The average molecular weight is 477 g/mol. The van der Waals surface area contributed by atoms with Crippen LogP contribution in [-0.2, 0) is 0 Å². The van der Waals surface area contributed by atoms with Crippen LogP contribution < -0.4 is 10.1 Å². The van der Waals surface area contributed by atoms with E-state index in [0.29, 0.717) is 10.7 Å². The molecule has 1 N–H and O–H groups in total. The summed E-state index contributed by atoms with van der Waals surface area (Å²) in [6.45, 7) is 12.7. The third kappa shape index (κ3) is 16.7. The summed E-state index contributed by atoms with van der Waals surface area (Å²) in [6.07, 6.45) is 13.0. The van der Waals surface area contributed by atoms with Gasteiger partial charge in [0, 0.05) is 36.4 Å². The molecule has 1 aromatic carbocycles. The van der Waals surface area contributed by atoms with E-state index < -0.39 is 0 Å². The van der Waals surface area contributed by atoms with Gasteiger partial charge in [-0.25, -0.2) is 9.80 Å². The van der Waals surface area contributed by atoms with Crippen molar-refractivity contribution in [1.82, 2.24) is 5.01 Å². The Labute approximate surface area is 205 Å². The van der Waals surface area contributed by atoms with Crippen LogP contribution >= 0.6 is 11.6 Å². The van der Waals surface area contributed by atoms with Gasteiger partial charge in [0.15, 0.2) is 0 Å². The average Bonchev–Trinajstić information content (AvgIpc) is 2.79. The molecule has 1 atom stereocenters. The number of ether oxygens (including phenoxy) is 1. The Bertz CT molecular complexity index is 771. The Morgan fingerprint density at radius 1 is 1.12 bits per heavy atom. The van der Waals surface area contributed by atoms with Crippen molar-refractivity contribution >= 4 is 35.7 Å². The van der Waals surface area contributed by atoms with Crippen molar-refractivity contribution in [3.63, 3.8) is 0 Å². The van der Waals surface area contributed by atoms with Gasteiger partial charge in [-0.2, -0.15) is 5.10 Å². The topological polar surface area (TPSA) is 66.3 Å². The van der Waals surface area contributed by atoms with Gasteiger partial charge in [0.1, 0.15) is 5.75 Å². The fraction of sp³-hybridized carbons (Fsp3) is 0.500. The molecular weight excluding hydrogens is 436 g/mol. The van der Waals surface area contributed by atoms with Gasteiger partial charge in [-0.15, -0.1) is 0 Å². The van der Waals surface area contributed by atoms with Crippen molar-refractivity contribution < 1.29 is 9.53 Å². The van der Waals surface area contributed by atoms with Crippen LogP contribution in [0.15, 0.2) is 57.7 Å². The second-order valence-electron chi connectivity index (χ2n) is 7.82. The molecule has 0 saturated heterocycles. The standard InChI is InChI=1S/C19H25ClN4O2.C7H16/c1-5-16(20)14-21-12-6-7-13-22-24(4)19(25)23-17-8-10-18(11-9-17)26-15(2)3;1-4-6-7(3)5-2/h6-15H,5H2,1-4H3,(H,23,25);7H,4-6H2,1-3H3/b7-6+,16-14+,21-12-,22-13+;. The van der Waals surface area contributed by atoms with Gasteiger partial charge in [0.2, 0.25) is 0 Å². The highest BCUT2D eigenvalue weighted by Crippen LogP contribution is 2.17. The lowest BCUT2D eigenvalue weighted by Crippen LogP contribution is -2.26. The molecule has 0 aliphatic heterocycles. The minimum Gasteiger partial charge on any atom is -0.491 e. The fourth-order valence-corrected chi connectivity index (χ4v) is 2.40. The highest BCUT2D eigenvalue weighted by molar-refractivity contribution is 6.29. The summed E-state index contributed by atoms with van der Waals surface area (Å²) in [4.78, 5) is 16.1. The number of hydrogen-bond donors (Lipinski definition) is 1. The largest absolute Gasteiger partial charge is 0.491 e. The molecule has 184 valence electrons. The third-order valence-corrected chi connectivity index (χ3v) is 4.78. The first-order valence-electron chi connectivity index (χ1n) is 11.6. The molecule has 0 bridgehead atoms. The summed E-state index contributed by atoms with van der Waals surface area (Å²) in [5.74, 6) is 1.70. The lowest BCUT2D eigenvalue weighted by atomic mass is 10.0. The summed E-state index contributed by atoms with van der Waals surface area (Å²) in [7, 11) is 1.56. The van der Waals surface area contributed by atoms with Crippen LogP contribution in [0.2, 0.25) is 0 Å². The number of benzene rings is 1. The van der Waals surface area contributed by atoms with E-state index in [1.165, 1.54) is 30.5 Å². The SMILES string of the molecule is CCCC(C)CC.CC\C(Cl)=C/N=C\C=C\C=N\N(C)C(=O)Nc1ccc(OC(C)C)cc1. The van der Waals surface area contributed by atoms with Crippen molar-refractivity contribution in [2.45, 2.75) is 73.3 Å².